The van der Waals surface area contributed by atoms with Crippen LogP contribution in [-0.2, 0) is 17.1 Å². The first-order valence-electron chi connectivity index (χ1n) is 18.7. The third-order valence-corrected chi connectivity index (χ3v) is 15.1. The van der Waals surface area contributed by atoms with Crippen molar-refractivity contribution in [3.8, 4) is 0 Å². The Bertz CT molecular complexity index is 2010. The molecule has 0 spiro atoms. The number of allylic oxidation sites excluding steroid dienone is 8. The van der Waals surface area contributed by atoms with Gasteiger partial charge in [-0.05, 0) is 121 Å². The largest absolute Gasteiger partial charge is 0.0808 e. The molecular weight excluding hydrogens is 718 g/mol. The van der Waals surface area contributed by atoms with Gasteiger partial charge in [-0.2, -0.15) is 0 Å². The van der Waals surface area contributed by atoms with Crippen LogP contribution < -0.4 is 26.5 Å². The van der Waals surface area contributed by atoms with E-state index in [-0.39, 0.29) is 17.1 Å². The number of hydrogen-bond donors (Lipinski definition) is 0. The third-order valence-electron chi connectivity index (χ3n) is 9.89. The fourth-order valence-electron chi connectivity index (χ4n) is 8.04. The van der Waals surface area contributed by atoms with Crippen LogP contribution in [0.15, 0.2) is 140 Å². The quantitative estimate of drug-likeness (QED) is 0.109. The minimum atomic E-state index is -0.770. The predicted octanol–water partition coefficient (Wildman–Crippen LogP) is 11.5. The number of benzene rings is 5. The van der Waals surface area contributed by atoms with Gasteiger partial charge < -0.3 is 0 Å². The van der Waals surface area contributed by atoms with Crippen LogP contribution in [0.5, 0.6) is 0 Å². The summed E-state index contributed by atoms with van der Waals surface area (Å²) in [6.07, 6.45) is 16.7. The third kappa shape index (κ3) is 9.95. The molecule has 2 aliphatic carbocycles. The first-order chi connectivity index (χ1) is 25.0. The van der Waals surface area contributed by atoms with Crippen LogP contribution in [0.2, 0.25) is 0 Å². The summed E-state index contributed by atoms with van der Waals surface area (Å²) in [6.45, 7) is 20.4. The topological polar surface area (TPSA) is 0 Å². The zero-order chi connectivity index (χ0) is 36.9. The summed E-state index contributed by atoms with van der Waals surface area (Å²) >= 11 is 0. The van der Waals surface area contributed by atoms with E-state index >= 15 is 0 Å². The SMILES string of the molecule is C1=CCC=C1.Cc1cc(C)cc(P(c2cc(C)cc(C)c2)c2ccccc2C2=CC=CC2C(C)P(c2cc(C)cc(C)c2)c2cc(C)cc(C)c2)c1.[Fe]. The zero-order valence-electron chi connectivity index (χ0n) is 32.9. The van der Waals surface area contributed by atoms with E-state index in [2.05, 4.69) is 202 Å². The van der Waals surface area contributed by atoms with Crippen molar-refractivity contribution < 1.29 is 17.1 Å². The van der Waals surface area contributed by atoms with Gasteiger partial charge in [0.15, 0.2) is 0 Å². The van der Waals surface area contributed by atoms with E-state index in [1.165, 1.54) is 82.2 Å². The summed E-state index contributed by atoms with van der Waals surface area (Å²) in [4.78, 5) is 0. The van der Waals surface area contributed by atoms with Crippen molar-refractivity contribution in [2.45, 2.75) is 74.4 Å². The van der Waals surface area contributed by atoms with E-state index in [9.17, 15) is 0 Å². The first kappa shape index (κ1) is 40.6. The van der Waals surface area contributed by atoms with Crippen molar-refractivity contribution >= 4 is 47.9 Å². The van der Waals surface area contributed by atoms with Crippen LogP contribution in [0.3, 0.4) is 0 Å². The summed E-state index contributed by atoms with van der Waals surface area (Å²) in [7, 11) is -1.39. The Morgan fingerprint density at radius 2 is 0.906 bits per heavy atom. The smallest absolute Gasteiger partial charge is 0.00982 e. The maximum Gasteiger partial charge on any atom is 0.00982 e. The van der Waals surface area contributed by atoms with Gasteiger partial charge in [0.2, 0.25) is 0 Å². The van der Waals surface area contributed by atoms with Gasteiger partial charge in [-0.25, -0.2) is 0 Å². The van der Waals surface area contributed by atoms with E-state index in [1.54, 1.807) is 0 Å². The molecule has 0 aromatic heterocycles. The van der Waals surface area contributed by atoms with E-state index in [1.807, 2.05) is 0 Å². The monoisotopic (exact) mass is 772 g/mol. The molecule has 0 N–H and O–H groups in total. The molecule has 53 heavy (non-hydrogen) atoms. The molecule has 2 aliphatic rings. The Morgan fingerprint density at radius 1 is 0.509 bits per heavy atom. The van der Waals surface area contributed by atoms with Crippen molar-refractivity contribution in [3.05, 3.63) is 190 Å². The van der Waals surface area contributed by atoms with E-state index in [4.69, 9.17) is 0 Å². The molecule has 7 rings (SSSR count). The van der Waals surface area contributed by atoms with Crippen LogP contribution in [0, 0.1) is 61.3 Å². The first-order valence-corrected chi connectivity index (χ1v) is 21.4. The molecular formula is C50H54FeP2. The van der Waals surface area contributed by atoms with Gasteiger partial charge in [-0.15, -0.1) is 0 Å². The molecule has 272 valence electrons. The maximum absolute atomic E-state index is 2.51. The van der Waals surface area contributed by atoms with Gasteiger partial charge in [0.1, 0.15) is 0 Å². The van der Waals surface area contributed by atoms with E-state index < -0.39 is 15.8 Å². The van der Waals surface area contributed by atoms with Crippen molar-refractivity contribution in [3.63, 3.8) is 0 Å². The molecule has 0 amide bonds. The van der Waals surface area contributed by atoms with Crippen molar-refractivity contribution in [1.82, 2.24) is 0 Å². The van der Waals surface area contributed by atoms with Gasteiger partial charge in [0, 0.05) is 23.0 Å². The summed E-state index contributed by atoms with van der Waals surface area (Å²) in [6, 6.07) is 38.0. The summed E-state index contributed by atoms with van der Waals surface area (Å²) in [5, 5.41) is 7.27. The number of aryl methyl sites for hydroxylation is 8. The van der Waals surface area contributed by atoms with Gasteiger partial charge in [-0.3, -0.25) is 0 Å². The van der Waals surface area contributed by atoms with Crippen LogP contribution in [-0.4, -0.2) is 5.66 Å². The average Bonchev–Trinajstić information content (AvgIpc) is 3.80. The second-order valence-corrected chi connectivity index (χ2v) is 19.7. The molecule has 5 aromatic rings. The summed E-state index contributed by atoms with van der Waals surface area (Å²) in [5.41, 5.74) is 14.0. The van der Waals surface area contributed by atoms with Crippen LogP contribution in [0.25, 0.3) is 5.57 Å². The van der Waals surface area contributed by atoms with Crippen molar-refractivity contribution in [2.75, 3.05) is 0 Å². The van der Waals surface area contributed by atoms with Crippen LogP contribution >= 0.6 is 15.8 Å². The van der Waals surface area contributed by atoms with Crippen LogP contribution in [0.1, 0.15) is 63.4 Å². The molecule has 2 atom stereocenters. The fraction of sp³-hybridized carbons (Fsp3) is 0.240. The predicted molar refractivity (Wildman–Crippen MR) is 235 cm³/mol. The fourth-order valence-corrected chi connectivity index (χ4v) is 14.1. The molecule has 0 radical (unpaired) electrons. The molecule has 0 heterocycles. The Balaban J connectivity index is 0.000000833. The standard InChI is InChI=1S/C45H48P2.C5H6.Fe/c1-29-17-30(2)22-38(21-29)46(39-23-31(3)18-32(4)24-39)37(9)42-14-12-15-43(42)44-13-10-11-16-45(44)47(40-25-33(5)19-34(6)26-40)41-27-35(7)20-36(8)28-41;1-2-4-5-3-1;/h10-28,37,42H,1-9H3;1-4H,5H2;. The van der Waals surface area contributed by atoms with Gasteiger partial charge >= 0.3 is 0 Å². The minimum Gasteiger partial charge on any atom is -0.0808 e. The molecule has 0 aliphatic heterocycles. The van der Waals surface area contributed by atoms with Crippen LogP contribution in [0.4, 0.5) is 0 Å². The Morgan fingerprint density at radius 3 is 1.30 bits per heavy atom. The summed E-state index contributed by atoms with van der Waals surface area (Å²) < 4.78 is 0. The van der Waals surface area contributed by atoms with Gasteiger partial charge in [0.25, 0.3) is 0 Å². The normalized spacial score (nSPS) is 15.0. The molecule has 5 aromatic carbocycles. The number of hydrogen-bond acceptors (Lipinski definition) is 0. The maximum atomic E-state index is 2.51. The van der Waals surface area contributed by atoms with Crippen molar-refractivity contribution in [2.24, 2.45) is 5.92 Å². The molecule has 0 saturated heterocycles. The molecule has 0 saturated carbocycles. The summed E-state index contributed by atoms with van der Waals surface area (Å²) in [5.74, 6) is 0.319. The Labute approximate surface area is 333 Å². The number of rotatable bonds is 8. The molecule has 0 bridgehead atoms. The minimum absolute atomic E-state index is 0. The van der Waals surface area contributed by atoms with Gasteiger partial charge in [0.05, 0.1) is 0 Å². The second-order valence-electron chi connectivity index (χ2n) is 15.0. The Hall–Kier alpha value is -3.56. The molecule has 3 heteroatoms. The average molecular weight is 773 g/mol. The molecule has 0 fully saturated rings. The van der Waals surface area contributed by atoms with Crippen molar-refractivity contribution in [1.29, 1.82) is 0 Å². The van der Waals surface area contributed by atoms with E-state index in [0.717, 1.165) is 6.42 Å². The van der Waals surface area contributed by atoms with E-state index in [0.29, 0.717) is 11.6 Å². The molecule has 2 unspecified atom stereocenters. The zero-order valence-corrected chi connectivity index (χ0v) is 35.8. The Kier molecular flexibility index (Phi) is 13.9. The van der Waals surface area contributed by atoms with Gasteiger partial charge in [-0.1, -0.05) is 191 Å². The molecule has 0 nitrogen and oxygen atoms in total. The second kappa shape index (κ2) is 18.2.